The van der Waals surface area contributed by atoms with E-state index in [9.17, 15) is 4.79 Å². The average Bonchev–Trinajstić information content (AvgIpc) is 2.59. The van der Waals surface area contributed by atoms with E-state index in [1.165, 1.54) is 5.39 Å². The first-order valence-corrected chi connectivity index (χ1v) is 7.13. The minimum absolute atomic E-state index is 0.121. The topological polar surface area (TPSA) is 51.2 Å². The van der Waals surface area contributed by atoms with Crippen LogP contribution in [0.25, 0.3) is 10.8 Å². The summed E-state index contributed by atoms with van der Waals surface area (Å²) in [6.45, 7) is 0.878. The molecule has 2 aromatic carbocycles. The molecular formula is C18H16N2O2. The molecule has 1 amide bonds. The minimum atomic E-state index is -0.121. The number of rotatable bonds is 5. The van der Waals surface area contributed by atoms with E-state index in [1.54, 1.807) is 24.5 Å². The third-order valence-corrected chi connectivity index (χ3v) is 3.32. The first-order valence-electron chi connectivity index (χ1n) is 7.13. The maximum Gasteiger partial charge on any atom is 0.251 e. The van der Waals surface area contributed by atoms with Crippen LogP contribution in [0.3, 0.4) is 0 Å². The standard InChI is InChI=1S/C18H16N2O2/c21-18(15-7-9-19-10-8-15)20-11-12-22-17-6-5-14-3-1-2-4-16(14)13-17/h1-10,13H,11-12H2,(H,20,21). The van der Waals surface area contributed by atoms with Gasteiger partial charge in [0, 0.05) is 18.0 Å². The summed E-state index contributed by atoms with van der Waals surface area (Å²) in [4.78, 5) is 15.7. The molecule has 1 heterocycles. The number of carbonyl (C=O) groups is 1. The van der Waals surface area contributed by atoms with Gasteiger partial charge in [-0.3, -0.25) is 9.78 Å². The zero-order valence-corrected chi connectivity index (χ0v) is 12.0. The predicted octanol–water partition coefficient (Wildman–Crippen LogP) is 3.04. The second-order valence-corrected chi connectivity index (χ2v) is 4.85. The fourth-order valence-corrected chi connectivity index (χ4v) is 2.20. The van der Waals surface area contributed by atoms with Crippen molar-refractivity contribution >= 4 is 16.7 Å². The van der Waals surface area contributed by atoms with Crippen LogP contribution in [-0.4, -0.2) is 24.0 Å². The zero-order valence-electron chi connectivity index (χ0n) is 12.0. The van der Waals surface area contributed by atoms with Gasteiger partial charge in [0.25, 0.3) is 5.91 Å². The molecular weight excluding hydrogens is 276 g/mol. The highest BCUT2D eigenvalue weighted by Crippen LogP contribution is 2.20. The summed E-state index contributed by atoms with van der Waals surface area (Å²) in [5.41, 5.74) is 0.598. The molecule has 4 nitrogen and oxygen atoms in total. The van der Waals surface area contributed by atoms with Crippen molar-refractivity contribution in [2.75, 3.05) is 13.2 Å². The zero-order chi connectivity index (χ0) is 15.2. The van der Waals surface area contributed by atoms with Gasteiger partial charge >= 0.3 is 0 Å². The third-order valence-electron chi connectivity index (χ3n) is 3.32. The summed E-state index contributed by atoms with van der Waals surface area (Å²) >= 11 is 0. The van der Waals surface area contributed by atoms with Gasteiger partial charge in [-0.2, -0.15) is 0 Å². The molecule has 0 aliphatic carbocycles. The van der Waals surface area contributed by atoms with Crippen LogP contribution in [0.2, 0.25) is 0 Å². The SMILES string of the molecule is O=C(NCCOc1ccc2ccccc2c1)c1ccncc1. The molecule has 0 atom stereocenters. The number of ether oxygens (including phenoxy) is 1. The quantitative estimate of drug-likeness (QED) is 0.735. The number of hydrogen-bond donors (Lipinski definition) is 1. The molecule has 0 saturated carbocycles. The number of aromatic nitrogens is 1. The summed E-state index contributed by atoms with van der Waals surface area (Å²) in [7, 11) is 0. The molecule has 0 spiro atoms. The van der Waals surface area contributed by atoms with Gasteiger partial charge in [-0.1, -0.05) is 30.3 Å². The minimum Gasteiger partial charge on any atom is -0.492 e. The molecule has 4 heteroatoms. The number of fused-ring (bicyclic) bond motifs is 1. The van der Waals surface area contributed by atoms with E-state index in [2.05, 4.69) is 16.4 Å². The van der Waals surface area contributed by atoms with E-state index in [0.717, 1.165) is 11.1 Å². The molecule has 0 unspecified atom stereocenters. The molecule has 22 heavy (non-hydrogen) atoms. The molecule has 110 valence electrons. The molecule has 0 fully saturated rings. The fraction of sp³-hybridized carbons (Fsp3) is 0.111. The van der Waals surface area contributed by atoms with Gasteiger partial charge in [-0.05, 0) is 35.0 Å². The first kappa shape index (κ1) is 14.1. The maximum absolute atomic E-state index is 11.8. The van der Waals surface area contributed by atoms with Gasteiger partial charge in [0.15, 0.2) is 0 Å². The van der Waals surface area contributed by atoms with Crippen LogP contribution in [0, 0.1) is 0 Å². The average molecular weight is 292 g/mol. The highest BCUT2D eigenvalue weighted by Gasteiger charge is 2.03. The van der Waals surface area contributed by atoms with Crippen molar-refractivity contribution in [1.29, 1.82) is 0 Å². The Morgan fingerprint density at radius 3 is 2.59 bits per heavy atom. The summed E-state index contributed by atoms with van der Waals surface area (Å²) in [6, 6.07) is 17.5. The Bertz CT molecular complexity index is 772. The van der Waals surface area contributed by atoms with Crippen LogP contribution >= 0.6 is 0 Å². The highest BCUT2D eigenvalue weighted by molar-refractivity contribution is 5.93. The number of benzene rings is 2. The Labute approximate surface area is 128 Å². The molecule has 1 N–H and O–H groups in total. The van der Waals surface area contributed by atoms with E-state index < -0.39 is 0 Å². The molecule has 0 saturated heterocycles. The lowest BCUT2D eigenvalue weighted by molar-refractivity contribution is 0.0947. The van der Waals surface area contributed by atoms with Crippen LogP contribution in [-0.2, 0) is 0 Å². The van der Waals surface area contributed by atoms with E-state index >= 15 is 0 Å². The number of amides is 1. The Morgan fingerprint density at radius 1 is 1.00 bits per heavy atom. The van der Waals surface area contributed by atoms with Crippen molar-refractivity contribution in [3.05, 3.63) is 72.6 Å². The monoisotopic (exact) mass is 292 g/mol. The van der Waals surface area contributed by atoms with Crippen LogP contribution in [0.4, 0.5) is 0 Å². The van der Waals surface area contributed by atoms with E-state index in [-0.39, 0.29) is 5.91 Å². The number of hydrogen-bond acceptors (Lipinski definition) is 3. The van der Waals surface area contributed by atoms with Crippen molar-refractivity contribution in [2.45, 2.75) is 0 Å². The molecule has 3 rings (SSSR count). The largest absolute Gasteiger partial charge is 0.492 e. The maximum atomic E-state index is 11.8. The van der Waals surface area contributed by atoms with E-state index in [4.69, 9.17) is 4.74 Å². The van der Waals surface area contributed by atoms with Crippen LogP contribution in [0.5, 0.6) is 5.75 Å². The summed E-state index contributed by atoms with van der Waals surface area (Å²) in [5.74, 6) is 0.682. The highest BCUT2D eigenvalue weighted by atomic mass is 16.5. The Hall–Kier alpha value is -2.88. The van der Waals surface area contributed by atoms with Crippen molar-refractivity contribution in [3.63, 3.8) is 0 Å². The Morgan fingerprint density at radius 2 is 1.77 bits per heavy atom. The van der Waals surface area contributed by atoms with Crippen molar-refractivity contribution in [3.8, 4) is 5.75 Å². The van der Waals surface area contributed by atoms with Crippen LogP contribution in [0.15, 0.2) is 67.0 Å². The second-order valence-electron chi connectivity index (χ2n) is 4.85. The second kappa shape index (κ2) is 6.72. The Balaban J connectivity index is 1.51. The van der Waals surface area contributed by atoms with Gasteiger partial charge < -0.3 is 10.1 Å². The summed E-state index contributed by atoms with van der Waals surface area (Å²) in [5, 5.41) is 5.14. The molecule has 3 aromatic rings. The number of nitrogens with one attached hydrogen (secondary N) is 1. The van der Waals surface area contributed by atoms with Gasteiger partial charge in [0.05, 0.1) is 6.54 Å². The number of pyridine rings is 1. The normalized spacial score (nSPS) is 10.4. The molecule has 1 aromatic heterocycles. The summed E-state index contributed by atoms with van der Waals surface area (Å²) in [6.07, 6.45) is 3.20. The van der Waals surface area contributed by atoms with Crippen molar-refractivity contribution < 1.29 is 9.53 Å². The van der Waals surface area contributed by atoms with Gasteiger partial charge in [0.2, 0.25) is 0 Å². The smallest absolute Gasteiger partial charge is 0.251 e. The van der Waals surface area contributed by atoms with E-state index in [0.29, 0.717) is 18.7 Å². The van der Waals surface area contributed by atoms with Crippen molar-refractivity contribution in [2.24, 2.45) is 0 Å². The van der Waals surface area contributed by atoms with Crippen LogP contribution < -0.4 is 10.1 Å². The number of nitrogens with zero attached hydrogens (tertiary/aromatic N) is 1. The van der Waals surface area contributed by atoms with Gasteiger partial charge in [-0.15, -0.1) is 0 Å². The lowest BCUT2D eigenvalue weighted by Gasteiger charge is -2.08. The molecule has 0 aliphatic rings. The third kappa shape index (κ3) is 3.41. The van der Waals surface area contributed by atoms with Crippen LogP contribution in [0.1, 0.15) is 10.4 Å². The molecule has 0 bridgehead atoms. The van der Waals surface area contributed by atoms with E-state index in [1.807, 2.05) is 36.4 Å². The predicted molar refractivity (Wildman–Crippen MR) is 86.0 cm³/mol. The molecule has 0 aliphatic heterocycles. The Kier molecular flexibility index (Phi) is 4.30. The van der Waals surface area contributed by atoms with Gasteiger partial charge in [-0.25, -0.2) is 0 Å². The fourth-order valence-electron chi connectivity index (χ4n) is 2.20. The molecule has 0 radical (unpaired) electrons. The lowest BCUT2D eigenvalue weighted by Crippen LogP contribution is -2.28. The van der Waals surface area contributed by atoms with Crippen molar-refractivity contribution in [1.82, 2.24) is 10.3 Å². The van der Waals surface area contributed by atoms with Gasteiger partial charge in [0.1, 0.15) is 12.4 Å². The lowest BCUT2D eigenvalue weighted by atomic mass is 10.1. The first-order chi connectivity index (χ1) is 10.8. The number of carbonyl (C=O) groups excluding carboxylic acids is 1. The summed E-state index contributed by atoms with van der Waals surface area (Å²) < 4.78 is 5.67.